The first-order valence-electron chi connectivity index (χ1n) is 15.8. The third kappa shape index (κ3) is 7.84. The molecule has 4 rings (SSSR count). The van der Waals surface area contributed by atoms with Crippen LogP contribution in [0.2, 0.25) is 0 Å². The molecule has 0 atom stereocenters. The summed E-state index contributed by atoms with van der Waals surface area (Å²) in [5.74, 6) is 0. The average molecular weight is 702 g/mol. The van der Waals surface area contributed by atoms with Crippen molar-refractivity contribution >= 4 is 28.8 Å². The molecule has 0 N–H and O–H groups in total. The Labute approximate surface area is 303 Å². The number of halogens is 3. The van der Waals surface area contributed by atoms with E-state index in [0.717, 1.165) is 38.5 Å². The van der Waals surface area contributed by atoms with Gasteiger partial charge in [0.1, 0.15) is 0 Å². The zero-order valence-electron chi connectivity index (χ0n) is 28.6. The molecule has 0 unspecified atom stereocenters. The van der Waals surface area contributed by atoms with Crippen molar-refractivity contribution in [3.8, 4) is 0 Å². The van der Waals surface area contributed by atoms with Crippen LogP contribution in [0.25, 0.3) is 0 Å². The van der Waals surface area contributed by atoms with Gasteiger partial charge in [0.05, 0.1) is 0 Å². The largest absolute Gasteiger partial charge is 4.00 e. The molecule has 0 aromatic heterocycles. The van der Waals surface area contributed by atoms with Crippen LogP contribution in [0.15, 0.2) is 54.6 Å². The summed E-state index contributed by atoms with van der Waals surface area (Å²) in [5, 5.41) is 6.31. The monoisotopic (exact) mass is 700 g/mol. The van der Waals surface area contributed by atoms with E-state index >= 15 is 0 Å². The van der Waals surface area contributed by atoms with Crippen LogP contribution in [0.1, 0.15) is 97.2 Å². The Morgan fingerprint density at radius 3 is 0.886 bits per heavy atom. The van der Waals surface area contributed by atoms with Gasteiger partial charge in [-0.1, -0.05) is 124 Å². The van der Waals surface area contributed by atoms with E-state index in [0.29, 0.717) is 0 Å². The van der Waals surface area contributed by atoms with Gasteiger partial charge in [-0.15, -0.1) is 0 Å². The predicted octanol–water partition coefficient (Wildman–Crippen LogP) is -1.60. The van der Waals surface area contributed by atoms with Crippen LogP contribution < -0.4 is 58.0 Å². The Hall–Kier alpha value is -1.19. The fourth-order valence-electron chi connectivity index (χ4n) is 6.88. The Balaban J connectivity index is 0.00000462. The van der Waals surface area contributed by atoms with Gasteiger partial charge in [0.15, 0.2) is 8.07 Å². The van der Waals surface area contributed by atoms with Crippen LogP contribution in [0.5, 0.6) is 0 Å². The molecule has 5 heteroatoms. The average Bonchev–Trinajstić information content (AvgIpc) is 3.19. The van der Waals surface area contributed by atoms with E-state index in [4.69, 9.17) is 0 Å². The molecule has 0 aliphatic heterocycles. The second kappa shape index (κ2) is 18.2. The summed E-state index contributed by atoms with van der Waals surface area (Å²) in [6, 6.07) is 22.9. The molecule has 0 nitrogen and oxygen atoms in total. The standard InChI is InChI=1S/C39H51Si.3ClH.Ti/c1-11-30-17-31(12-2)21-36(20-30)40(39-28(9)26(7)27(8)29(39)10,37-22-32(13-3)18-33(14-4)23-37)38-24-34(15-5)19-35(16-6)25-38;;;;/h17-25H,11-16H2,1-10H3;3*1H;/q-1;;;;+4/p-3. The summed E-state index contributed by atoms with van der Waals surface area (Å²) in [5.41, 5.74) is 14.7. The smallest absolute Gasteiger partial charge is 1.00 e. The van der Waals surface area contributed by atoms with Gasteiger partial charge in [-0.3, -0.25) is 0 Å². The van der Waals surface area contributed by atoms with E-state index in [-0.39, 0.29) is 58.9 Å². The Bertz CT molecular complexity index is 1290. The SMILES string of the molecule is CCc1cc(CC)cc([Si](c2cc(CC)cc(CC)c2)(c2cc(CC)cc(CC)c2)c2c(C)c(C)c(C)[c-]2C)c1.[Cl-].[Cl-].[Cl-].[Ti+4]. The third-order valence-electron chi connectivity index (χ3n) is 9.72. The zero-order chi connectivity index (χ0) is 29.2. The maximum absolute atomic E-state index is 2.69. The van der Waals surface area contributed by atoms with E-state index in [1.165, 1.54) is 55.6 Å². The van der Waals surface area contributed by atoms with Crippen molar-refractivity contribution in [3.05, 3.63) is 110 Å². The van der Waals surface area contributed by atoms with Gasteiger partial charge in [0, 0.05) is 0 Å². The molecule has 0 fully saturated rings. The van der Waals surface area contributed by atoms with Gasteiger partial charge in [-0.2, -0.15) is 27.4 Å². The molecule has 0 aliphatic rings. The minimum absolute atomic E-state index is 0. The Morgan fingerprint density at radius 1 is 0.455 bits per heavy atom. The van der Waals surface area contributed by atoms with Crippen molar-refractivity contribution in [3.63, 3.8) is 0 Å². The van der Waals surface area contributed by atoms with E-state index < -0.39 is 8.07 Å². The first-order valence-corrected chi connectivity index (χ1v) is 17.8. The summed E-state index contributed by atoms with van der Waals surface area (Å²) in [6.45, 7) is 23.4. The minimum atomic E-state index is -2.69. The number of hydrogen-bond acceptors (Lipinski definition) is 0. The van der Waals surface area contributed by atoms with Crippen LogP contribution in [-0.4, -0.2) is 8.07 Å². The van der Waals surface area contributed by atoms with Gasteiger partial charge < -0.3 is 37.2 Å². The number of benzene rings is 3. The summed E-state index contributed by atoms with van der Waals surface area (Å²) in [6.07, 6.45) is 6.37. The summed E-state index contributed by atoms with van der Waals surface area (Å²) in [7, 11) is -2.69. The van der Waals surface area contributed by atoms with Crippen molar-refractivity contribution in [1.29, 1.82) is 0 Å². The van der Waals surface area contributed by atoms with Gasteiger partial charge in [0.25, 0.3) is 0 Å². The molecule has 4 aromatic carbocycles. The van der Waals surface area contributed by atoms with Crippen molar-refractivity contribution in [2.75, 3.05) is 0 Å². The maximum atomic E-state index is 2.59. The van der Waals surface area contributed by atoms with E-state index in [9.17, 15) is 0 Å². The molecule has 0 aliphatic carbocycles. The fraction of sp³-hybridized carbons (Fsp3) is 0.410. The van der Waals surface area contributed by atoms with Gasteiger partial charge in [-0.25, -0.2) is 0 Å². The van der Waals surface area contributed by atoms with Crippen molar-refractivity contribution in [2.24, 2.45) is 0 Å². The molecular formula is C39H51Cl3SiTi. The molecule has 0 spiro atoms. The van der Waals surface area contributed by atoms with E-state index in [1.807, 2.05) is 0 Å². The van der Waals surface area contributed by atoms with Gasteiger partial charge in [-0.05, 0) is 87.5 Å². The molecule has 0 radical (unpaired) electrons. The minimum Gasteiger partial charge on any atom is -1.00 e. The molecule has 0 saturated heterocycles. The number of hydrogen-bond donors (Lipinski definition) is 0. The molecule has 0 bridgehead atoms. The van der Waals surface area contributed by atoms with Crippen LogP contribution in [0, 0.1) is 27.7 Å². The second-order valence-corrected chi connectivity index (χ2v) is 15.6. The van der Waals surface area contributed by atoms with Crippen molar-refractivity contribution < 1.29 is 58.9 Å². The van der Waals surface area contributed by atoms with Crippen LogP contribution >= 0.6 is 0 Å². The summed E-state index contributed by atoms with van der Waals surface area (Å²) in [4.78, 5) is 0. The maximum Gasteiger partial charge on any atom is 4.00 e. The quantitative estimate of drug-likeness (QED) is 0.106. The van der Waals surface area contributed by atoms with E-state index in [2.05, 4.69) is 124 Å². The number of rotatable bonds is 10. The summed E-state index contributed by atoms with van der Waals surface area (Å²) < 4.78 is 0. The first kappa shape index (κ1) is 42.8. The molecule has 4 aromatic rings. The second-order valence-electron chi connectivity index (χ2n) is 11.9. The normalized spacial score (nSPS) is 10.8. The third-order valence-corrected chi connectivity index (χ3v) is 14.7. The van der Waals surface area contributed by atoms with Crippen LogP contribution in [-0.2, 0) is 60.2 Å². The van der Waals surface area contributed by atoms with Crippen molar-refractivity contribution in [1.82, 2.24) is 0 Å². The van der Waals surface area contributed by atoms with E-state index in [1.54, 1.807) is 20.7 Å². The Kier molecular flexibility index (Phi) is 17.7. The zero-order valence-corrected chi connectivity index (χ0v) is 33.4. The Morgan fingerprint density at radius 2 is 0.705 bits per heavy atom. The van der Waals surface area contributed by atoms with Crippen molar-refractivity contribution in [2.45, 2.75) is 108 Å². The van der Waals surface area contributed by atoms with Crippen LogP contribution in [0.4, 0.5) is 0 Å². The topological polar surface area (TPSA) is 0 Å². The summed E-state index contributed by atoms with van der Waals surface area (Å²) >= 11 is 0. The van der Waals surface area contributed by atoms with Crippen LogP contribution in [0.3, 0.4) is 0 Å². The molecule has 0 heterocycles. The molecule has 0 amide bonds. The number of aryl methyl sites for hydroxylation is 6. The van der Waals surface area contributed by atoms with Gasteiger partial charge in [0.2, 0.25) is 0 Å². The molecule has 0 saturated carbocycles. The molecular weight excluding hydrogens is 651 g/mol. The molecule has 236 valence electrons. The first-order chi connectivity index (χ1) is 19.2. The molecule has 44 heavy (non-hydrogen) atoms. The predicted molar refractivity (Wildman–Crippen MR) is 181 cm³/mol. The fourth-order valence-corrected chi connectivity index (χ4v) is 12.7. The van der Waals surface area contributed by atoms with Gasteiger partial charge >= 0.3 is 21.7 Å².